The van der Waals surface area contributed by atoms with Crippen LogP contribution in [0.5, 0.6) is 11.5 Å². The second-order valence-electron chi connectivity index (χ2n) is 2.52. The van der Waals surface area contributed by atoms with Crippen molar-refractivity contribution < 1.29 is 15.0 Å². The summed E-state index contributed by atoms with van der Waals surface area (Å²) < 4.78 is 0. The van der Waals surface area contributed by atoms with Crippen LogP contribution in [0.1, 0.15) is 13.8 Å². The third kappa shape index (κ3) is 5.09. The molecule has 1 aromatic rings. The van der Waals surface area contributed by atoms with Crippen LogP contribution in [0.25, 0.3) is 0 Å². The van der Waals surface area contributed by atoms with Crippen LogP contribution in [0.15, 0.2) is 18.2 Å². The van der Waals surface area contributed by atoms with Gasteiger partial charge in [0, 0.05) is 0 Å². The third-order valence-electron chi connectivity index (χ3n) is 0.965. The van der Waals surface area contributed by atoms with Crippen molar-refractivity contribution in [3.63, 3.8) is 0 Å². The van der Waals surface area contributed by atoms with E-state index < -0.39 is 0 Å². The van der Waals surface area contributed by atoms with Gasteiger partial charge in [-0.05, 0) is 26.0 Å². The maximum Gasteiger partial charge on any atom is 0.176 e. The first kappa shape index (κ1) is 11.8. The zero-order chi connectivity index (χ0) is 10.4. The highest BCUT2D eigenvalue weighted by Gasteiger charge is 2.00. The molecule has 0 aliphatic heterocycles. The van der Waals surface area contributed by atoms with Crippen molar-refractivity contribution in [2.45, 2.75) is 13.8 Å². The Hall–Kier alpha value is -1.22. The molecule has 4 heteroatoms. The van der Waals surface area contributed by atoms with Crippen LogP contribution in [0.4, 0.5) is 0 Å². The molecule has 0 spiro atoms. The lowest BCUT2D eigenvalue weighted by Gasteiger charge is -1.96. The number of phenolic OH excluding ortho intramolecular Hbond substituents is 2. The van der Waals surface area contributed by atoms with Crippen LogP contribution >= 0.6 is 11.6 Å². The van der Waals surface area contributed by atoms with Crippen molar-refractivity contribution in [3.8, 4) is 11.5 Å². The molecule has 72 valence electrons. The minimum atomic E-state index is -0.265. The molecule has 0 aliphatic rings. The standard InChI is InChI=1S/C6H5ClO2.C3H6O/c7-4-2-1-3-5(8)6(4)9;1-3(2)4/h1-3,8-9H;1-2H3. The van der Waals surface area contributed by atoms with Crippen molar-refractivity contribution >= 4 is 17.4 Å². The van der Waals surface area contributed by atoms with E-state index >= 15 is 0 Å². The number of halogens is 1. The highest BCUT2D eigenvalue weighted by atomic mass is 35.5. The minimum Gasteiger partial charge on any atom is -0.504 e. The fraction of sp³-hybridized carbons (Fsp3) is 0.222. The number of hydrogen-bond donors (Lipinski definition) is 2. The quantitative estimate of drug-likeness (QED) is 0.635. The summed E-state index contributed by atoms with van der Waals surface area (Å²) in [5.41, 5.74) is 0. The molecule has 0 bridgehead atoms. The SMILES string of the molecule is CC(C)=O.Oc1cccc(Cl)c1O. The van der Waals surface area contributed by atoms with Gasteiger partial charge in [-0.2, -0.15) is 0 Å². The monoisotopic (exact) mass is 202 g/mol. The highest BCUT2D eigenvalue weighted by Crippen LogP contribution is 2.31. The first-order valence-corrected chi connectivity index (χ1v) is 3.96. The molecule has 3 nitrogen and oxygen atoms in total. The number of phenols is 2. The number of carbonyl (C=O) groups excluding carboxylic acids is 1. The Morgan fingerprint density at radius 3 is 2.08 bits per heavy atom. The van der Waals surface area contributed by atoms with Crippen LogP contribution in [0.3, 0.4) is 0 Å². The number of rotatable bonds is 0. The van der Waals surface area contributed by atoms with Crippen LogP contribution in [0.2, 0.25) is 5.02 Å². The first-order valence-electron chi connectivity index (χ1n) is 3.58. The number of aromatic hydroxyl groups is 2. The average Bonchev–Trinajstić information content (AvgIpc) is 1.99. The zero-order valence-electron chi connectivity index (χ0n) is 7.41. The normalized spacial score (nSPS) is 8.54. The topological polar surface area (TPSA) is 57.5 Å². The molecular weight excluding hydrogens is 192 g/mol. The lowest BCUT2D eigenvalue weighted by molar-refractivity contribution is -0.114. The fourth-order valence-electron chi connectivity index (χ4n) is 0.504. The van der Waals surface area contributed by atoms with Gasteiger partial charge >= 0.3 is 0 Å². The molecule has 1 rings (SSSR count). The molecule has 1 aromatic carbocycles. The summed E-state index contributed by atoms with van der Waals surface area (Å²) in [5, 5.41) is 17.8. The molecule has 0 atom stereocenters. The molecule has 0 heterocycles. The maximum absolute atomic E-state index is 9.44. The summed E-state index contributed by atoms with van der Waals surface area (Å²) in [4.78, 5) is 9.44. The number of ketones is 1. The van der Waals surface area contributed by atoms with E-state index in [1.807, 2.05) is 0 Å². The van der Waals surface area contributed by atoms with Gasteiger partial charge in [0.1, 0.15) is 5.78 Å². The van der Waals surface area contributed by atoms with Crippen molar-refractivity contribution in [1.29, 1.82) is 0 Å². The highest BCUT2D eigenvalue weighted by molar-refractivity contribution is 6.32. The zero-order valence-corrected chi connectivity index (χ0v) is 8.17. The summed E-state index contributed by atoms with van der Waals surface area (Å²) in [6, 6.07) is 4.41. The number of para-hydroxylation sites is 1. The lowest BCUT2D eigenvalue weighted by Crippen LogP contribution is -1.69. The Morgan fingerprint density at radius 2 is 1.77 bits per heavy atom. The molecular formula is C9H11ClO3. The largest absolute Gasteiger partial charge is 0.504 e. The molecule has 0 amide bonds. The van der Waals surface area contributed by atoms with Crippen LogP contribution < -0.4 is 0 Å². The van der Waals surface area contributed by atoms with E-state index in [4.69, 9.17) is 21.8 Å². The molecule has 0 radical (unpaired) electrons. The number of benzene rings is 1. The Morgan fingerprint density at radius 1 is 1.31 bits per heavy atom. The summed E-state index contributed by atoms with van der Waals surface area (Å²) >= 11 is 5.40. The predicted octanol–water partition coefficient (Wildman–Crippen LogP) is 2.35. The molecule has 2 N–H and O–H groups in total. The van der Waals surface area contributed by atoms with Gasteiger partial charge < -0.3 is 15.0 Å². The van der Waals surface area contributed by atoms with E-state index in [1.54, 1.807) is 6.07 Å². The van der Waals surface area contributed by atoms with Gasteiger partial charge in [-0.3, -0.25) is 0 Å². The molecule has 13 heavy (non-hydrogen) atoms. The number of Topliss-reactive ketones (excluding diaryl/α,β-unsaturated/α-hetero) is 1. The van der Waals surface area contributed by atoms with Gasteiger partial charge in [-0.15, -0.1) is 0 Å². The van der Waals surface area contributed by atoms with Crippen molar-refractivity contribution in [3.05, 3.63) is 23.2 Å². The van der Waals surface area contributed by atoms with Crippen LogP contribution in [0, 0.1) is 0 Å². The van der Waals surface area contributed by atoms with Gasteiger partial charge in [0.15, 0.2) is 11.5 Å². The predicted molar refractivity (Wildman–Crippen MR) is 51.1 cm³/mol. The summed E-state index contributed by atoms with van der Waals surface area (Å²) in [6.07, 6.45) is 0. The van der Waals surface area contributed by atoms with E-state index in [1.165, 1.54) is 26.0 Å². The lowest BCUT2D eigenvalue weighted by atomic mass is 10.3. The fourth-order valence-corrected chi connectivity index (χ4v) is 0.674. The Bertz CT molecular complexity index is 273. The molecule has 0 unspecified atom stereocenters. The molecule has 0 fully saturated rings. The van der Waals surface area contributed by atoms with Crippen LogP contribution in [-0.4, -0.2) is 16.0 Å². The summed E-state index contributed by atoms with van der Waals surface area (Å²) in [6.45, 7) is 3.06. The minimum absolute atomic E-state index is 0.162. The Labute approximate surface area is 81.6 Å². The number of carbonyl (C=O) groups is 1. The second-order valence-corrected chi connectivity index (χ2v) is 2.92. The molecule has 0 saturated carbocycles. The summed E-state index contributed by atoms with van der Waals surface area (Å²) in [7, 11) is 0. The Kier molecular flexibility index (Phi) is 4.92. The van der Waals surface area contributed by atoms with Crippen LogP contribution in [-0.2, 0) is 4.79 Å². The van der Waals surface area contributed by atoms with E-state index in [0.29, 0.717) is 0 Å². The molecule has 0 aliphatic carbocycles. The second kappa shape index (κ2) is 5.43. The van der Waals surface area contributed by atoms with Crippen molar-refractivity contribution in [1.82, 2.24) is 0 Å². The Balaban J connectivity index is 0.000000310. The van der Waals surface area contributed by atoms with Gasteiger partial charge in [-0.1, -0.05) is 17.7 Å². The summed E-state index contributed by atoms with van der Waals surface area (Å²) in [5.74, 6) is -0.290. The smallest absolute Gasteiger partial charge is 0.176 e. The van der Waals surface area contributed by atoms with E-state index in [9.17, 15) is 4.79 Å². The average molecular weight is 203 g/mol. The van der Waals surface area contributed by atoms with Gasteiger partial charge in [-0.25, -0.2) is 0 Å². The maximum atomic E-state index is 9.44. The van der Waals surface area contributed by atoms with Gasteiger partial charge in [0.05, 0.1) is 5.02 Å². The first-order chi connectivity index (χ1) is 5.95. The van der Waals surface area contributed by atoms with Gasteiger partial charge in [0.2, 0.25) is 0 Å². The van der Waals surface area contributed by atoms with E-state index in [-0.39, 0.29) is 22.3 Å². The number of hydrogen-bond acceptors (Lipinski definition) is 3. The molecule has 0 aromatic heterocycles. The van der Waals surface area contributed by atoms with Gasteiger partial charge in [0.25, 0.3) is 0 Å². The van der Waals surface area contributed by atoms with E-state index in [0.717, 1.165) is 0 Å². The van der Waals surface area contributed by atoms with Crippen molar-refractivity contribution in [2.24, 2.45) is 0 Å². The van der Waals surface area contributed by atoms with Crippen molar-refractivity contribution in [2.75, 3.05) is 0 Å². The molecule has 0 saturated heterocycles. The third-order valence-corrected chi connectivity index (χ3v) is 1.27. The van der Waals surface area contributed by atoms with E-state index in [2.05, 4.69) is 0 Å².